The predicted molar refractivity (Wildman–Crippen MR) is 134 cm³/mol. The van der Waals surface area contributed by atoms with Crippen molar-refractivity contribution in [3.63, 3.8) is 0 Å². The van der Waals surface area contributed by atoms with E-state index in [0.717, 1.165) is 69.7 Å². The number of pyridine rings is 1. The Hall–Kier alpha value is -2.70. The van der Waals surface area contributed by atoms with E-state index >= 15 is 0 Å². The average molecular weight is 459 g/mol. The minimum Gasteiger partial charge on any atom is -0.381 e. The summed E-state index contributed by atoms with van der Waals surface area (Å²) in [4.78, 5) is 23.2. The molecule has 3 aliphatic heterocycles. The number of ether oxygens (including phenoxy) is 1. The second kappa shape index (κ2) is 9.16. The molecule has 178 valence electrons. The lowest BCUT2D eigenvalue weighted by Gasteiger charge is -2.33. The second-order valence-electron chi connectivity index (χ2n) is 10.3. The van der Waals surface area contributed by atoms with Crippen molar-refractivity contribution in [2.24, 2.45) is 5.92 Å². The molecule has 1 amide bonds. The molecule has 0 aliphatic carbocycles. The lowest BCUT2D eigenvalue weighted by atomic mass is 9.86. The molecule has 0 spiro atoms. The topological polar surface area (TPSA) is 70.2 Å². The summed E-state index contributed by atoms with van der Waals surface area (Å²) in [5, 5.41) is 4.89. The number of hydrogen-bond donors (Lipinski definition) is 2. The van der Waals surface area contributed by atoms with Gasteiger partial charge < -0.3 is 19.9 Å². The van der Waals surface area contributed by atoms with Crippen LogP contribution in [0.3, 0.4) is 0 Å². The van der Waals surface area contributed by atoms with Crippen LogP contribution in [0.25, 0.3) is 22.2 Å². The van der Waals surface area contributed by atoms with E-state index in [1.165, 1.54) is 39.6 Å². The van der Waals surface area contributed by atoms with Gasteiger partial charge in [0.05, 0.1) is 0 Å². The maximum Gasteiger partial charge on any atom is 0.223 e. The number of rotatable bonds is 4. The fourth-order valence-electron chi connectivity index (χ4n) is 5.96. The lowest BCUT2D eigenvalue weighted by Crippen LogP contribution is -2.38. The molecule has 3 aromatic rings. The van der Waals surface area contributed by atoms with Crippen molar-refractivity contribution in [3.05, 3.63) is 52.8 Å². The Morgan fingerprint density at radius 2 is 2.06 bits per heavy atom. The van der Waals surface area contributed by atoms with E-state index in [9.17, 15) is 4.79 Å². The predicted octanol–water partition coefficient (Wildman–Crippen LogP) is 4.66. The average Bonchev–Trinajstić information content (AvgIpc) is 3.54. The first-order chi connectivity index (χ1) is 16.7. The third kappa shape index (κ3) is 4.14. The van der Waals surface area contributed by atoms with Gasteiger partial charge in [0.2, 0.25) is 5.91 Å². The van der Waals surface area contributed by atoms with Gasteiger partial charge in [-0.2, -0.15) is 0 Å². The Bertz CT molecular complexity index is 1200. The lowest BCUT2D eigenvalue weighted by molar-refractivity contribution is -0.133. The van der Waals surface area contributed by atoms with Crippen molar-refractivity contribution in [1.29, 1.82) is 0 Å². The standard InChI is InChI=1S/C28H34N4O2/c1-18-15-30-28-23(18)14-22(16-31-28)21-12-20-4-8-32(27(33)11-19-5-9-34-10-6-19)17-25(20)24(13-21)26-3-2-7-29-26/h12-16,19,26,29H,2-11,17H2,1H3,(H,30,31). The highest BCUT2D eigenvalue weighted by molar-refractivity contribution is 5.85. The van der Waals surface area contributed by atoms with Crippen LogP contribution in [-0.2, 0) is 22.5 Å². The molecule has 34 heavy (non-hydrogen) atoms. The van der Waals surface area contributed by atoms with Crippen LogP contribution in [-0.4, -0.2) is 47.1 Å². The van der Waals surface area contributed by atoms with Crippen LogP contribution in [0.1, 0.15) is 60.4 Å². The number of fused-ring (bicyclic) bond motifs is 2. The first-order valence-electron chi connectivity index (χ1n) is 12.8. The third-order valence-electron chi connectivity index (χ3n) is 8.04. The summed E-state index contributed by atoms with van der Waals surface area (Å²) in [6, 6.07) is 7.33. The molecule has 2 aromatic heterocycles. The van der Waals surface area contributed by atoms with Crippen molar-refractivity contribution >= 4 is 16.9 Å². The van der Waals surface area contributed by atoms with Crippen molar-refractivity contribution in [2.75, 3.05) is 26.3 Å². The molecule has 2 N–H and O–H groups in total. The van der Waals surface area contributed by atoms with Gasteiger partial charge in [-0.1, -0.05) is 6.07 Å². The first kappa shape index (κ1) is 21.8. The van der Waals surface area contributed by atoms with E-state index in [0.29, 0.717) is 24.3 Å². The normalized spacial score (nSPS) is 21.2. The maximum atomic E-state index is 13.2. The molecule has 1 atom stereocenters. The molecule has 2 fully saturated rings. The maximum absolute atomic E-state index is 13.2. The van der Waals surface area contributed by atoms with E-state index in [4.69, 9.17) is 4.74 Å². The molecule has 0 bridgehead atoms. The van der Waals surface area contributed by atoms with Crippen molar-refractivity contribution in [3.8, 4) is 11.1 Å². The van der Waals surface area contributed by atoms with Crippen LogP contribution in [0, 0.1) is 12.8 Å². The molecule has 3 aliphatic rings. The smallest absolute Gasteiger partial charge is 0.223 e. The van der Waals surface area contributed by atoms with Crippen LogP contribution in [0.4, 0.5) is 0 Å². The molecular formula is C28H34N4O2. The number of aryl methyl sites for hydroxylation is 1. The molecule has 6 heteroatoms. The fourth-order valence-corrected chi connectivity index (χ4v) is 5.96. The van der Waals surface area contributed by atoms with Crippen molar-refractivity contribution in [1.82, 2.24) is 20.2 Å². The van der Waals surface area contributed by atoms with E-state index < -0.39 is 0 Å². The van der Waals surface area contributed by atoms with Gasteiger partial charge in [0.1, 0.15) is 5.65 Å². The summed E-state index contributed by atoms with van der Waals surface area (Å²) in [6.07, 6.45) is 9.96. The number of carbonyl (C=O) groups is 1. The number of amides is 1. The van der Waals surface area contributed by atoms with E-state index in [1.807, 2.05) is 12.4 Å². The molecule has 0 radical (unpaired) electrons. The van der Waals surface area contributed by atoms with Gasteiger partial charge in [0.25, 0.3) is 0 Å². The molecule has 0 saturated carbocycles. The number of aromatic nitrogens is 2. The molecule has 1 aromatic carbocycles. The number of carbonyl (C=O) groups excluding carboxylic acids is 1. The highest BCUT2D eigenvalue weighted by Crippen LogP contribution is 2.36. The summed E-state index contributed by atoms with van der Waals surface area (Å²) in [6.45, 7) is 6.32. The first-order valence-corrected chi connectivity index (χ1v) is 12.8. The van der Waals surface area contributed by atoms with Gasteiger partial charge >= 0.3 is 0 Å². The van der Waals surface area contributed by atoms with E-state index in [2.05, 4.69) is 45.3 Å². The number of nitrogens with one attached hydrogen (secondary N) is 2. The highest BCUT2D eigenvalue weighted by atomic mass is 16.5. The Morgan fingerprint density at radius 3 is 2.88 bits per heavy atom. The minimum atomic E-state index is 0.310. The van der Waals surface area contributed by atoms with Gasteiger partial charge in [0, 0.05) is 62.1 Å². The zero-order valence-electron chi connectivity index (χ0n) is 20.0. The highest BCUT2D eigenvalue weighted by Gasteiger charge is 2.29. The van der Waals surface area contributed by atoms with Gasteiger partial charge in [-0.15, -0.1) is 0 Å². The quantitative estimate of drug-likeness (QED) is 0.596. The molecule has 6 rings (SSSR count). The van der Waals surface area contributed by atoms with Gasteiger partial charge in [-0.3, -0.25) is 4.79 Å². The number of H-pyrrole nitrogens is 1. The molecule has 2 saturated heterocycles. The van der Waals surface area contributed by atoms with Crippen molar-refractivity contribution < 1.29 is 9.53 Å². The Kier molecular flexibility index (Phi) is 5.87. The zero-order valence-corrected chi connectivity index (χ0v) is 20.0. The monoisotopic (exact) mass is 458 g/mol. The second-order valence-corrected chi connectivity index (χ2v) is 10.3. The summed E-state index contributed by atoms with van der Waals surface area (Å²) in [5.41, 5.74) is 8.69. The van der Waals surface area contributed by atoms with E-state index in [1.54, 1.807) is 0 Å². The molecule has 6 nitrogen and oxygen atoms in total. The summed E-state index contributed by atoms with van der Waals surface area (Å²) >= 11 is 0. The molecule has 5 heterocycles. The number of nitrogens with zero attached hydrogens (tertiary/aromatic N) is 2. The van der Waals surface area contributed by atoms with Crippen molar-refractivity contribution in [2.45, 2.75) is 58.0 Å². The van der Waals surface area contributed by atoms with Crippen LogP contribution < -0.4 is 5.32 Å². The van der Waals surface area contributed by atoms with Crippen LogP contribution in [0.15, 0.2) is 30.6 Å². The SMILES string of the molecule is Cc1c[nH]c2ncc(-c3cc4c(c(C5CCCN5)c3)CN(C(=O)CC3CCOCC3)CC4)cc12. The zero-order chi connectivity index (χ0) is 23.1. The Morgan fingerprint density at radius 1 is 1.18 bits per heavy atom. The van der Waals surface area contributed by atoms with E-state index in [-0.39, 0.29) is 0 Å². The van der Waals surface area contributed by atoms with Crippen LogP contribution in [0.2, 0.25) is 0 Å². The van der Waals surface area contributed by atoms with Crippen LogP contribution in [0.5, 0.6) is 0 Å². The number of benzene rings is 1. The third-order valence-corrected chi connectivity index (χ3v) is 8.04. The molecule has 1 unspecified atom stereocenters. The summed E-state index contributed by atoms with van der Waals surface area (Å²) in [5.74, 6) is 0.782. The number of aromatic amines is 1. The Labute approximate surface area is 201 Å². The van der Waals surface area contributed by atoms with Gasteiger partial charge in [-0.25, -0.2) is 4.98 Å². The minimum absolute atomic E-state index is 0.310. The largest absolute Gasteiger partial charge is 0.381 e. The van der Waals surface area contributed by atoms with Gasteiger partial charge in [-0.05, 0) is 91.4 Å². The molecular weight excluding hydrogens is 424 g/mol. The Balaban J connectivity index is 1.32. The fraction of sp³-hybridized carbons (Fsp3) is 0.500. The summed E-state index contributed by atoms with van der Waals surface area (Å²) in [7, 11) is 0. The van der Waals surface area contributed by atoms with Crippen LogP contribution >= 0.6 is 0 Å². The summed E-state index contributed by atoms with van der Waals surface area (Å²) < 4.78 is 5.48. The van der Waals surface area contributed by atoms with Gasteiger partial charge in [0.15, 0.2) is 0 Å². The number of hydrogen-bond acceptors (Lipinski definition) is 4.